The molecule has 0 fully saturated rings. The van der Waals surface area contributed by atoms with Gasteiger partial charge in [-0.05, 0) is 30.7 Å². The third kappa shape index (κ3) is 4.45. The zero-order valence-electron chi connectivity index (χ0n) is 12.0. The highest BCUT2D eigenvalue weighted by molar-refractivity contribution is 6.23. The first-order valence-electron chi connectivity index (χ1n) is 6.92. The topological polar surface area (TPSA) is 41.9 Å². The molecule has 0 amide bonds. The first-order chi connectivity index (χ1) is 10.3. The number of ether oxygens (including phenoxy) is 1. The van der Waals surface area contributed by atoms with E-state index in [2.05, 4.69) is 5.10 Å². The summed E-state index contributed by atoms with van der Waals surface area (Å²) in [7, 11) is 0. The maximum atomic E-state index is 11.6. The molecule has 21 heavy (non-hydrogen) atoms. The highest BCUT2D eigenvalue weighted by Crippen LogP contribution is 2.24. The molecule has 0 saturated heterocycles. The molecule has 108 valence electrons. The van der Waals surface area contributed by atoms with E-state index in [0.29, 0.717) is 6.61 Å². The van der Waals surface area contributed by atoms with Gasteiger partial charge in [-0.3, -0.25) is 0 Å². The van der Waals surface area contributed by atoms with E-state index in [4.69, 9.17) is 4.74 Å². The number of para-hydroxylation sites is 2. The number of hydrogen-bond acceptors (Lipinski definition) is 4. The predicted octanol–water partition coefficient (Wildman–Crippen LogP) is 3.76. The van der Waals surface area contributed by atoms with E-state index in [9.17, 15) is 4.79 Å². The first-order valence-corrected chi connectivity index (χ1v) is 6.92. The molecule has 0 saturated carbocycles. The van der Waals surface area contributed by atoms with E-state index in [1.807, 2.05) is 67.6 Å². The SMILES string of the molecule is CCCOC(=O)/C=N/N(c1ccccc1)c1ccccc1. The monoisotopic (exact) mass is 282 g/mol. The molecule has 0 aliphatic rings. The fourth-order valence-corrected chi connectivity index (χ4v) is 1.77. The first kappa shape index (κ1) is 14.8. The predicted molar refractivity (Wildman–Crippen MR) is 84.8 cm³/mol. The van der Waals surface area contributed by atoms with Crippen molar-refractivity contribution in [1.29, 1.82) is 0 Å². The van der Waals surface area contributed by atoms with E-state index < -0.39 is 5.97 Å². The van der Waals surface area contributed by atoms with Gasteiger partial charge < -0.3 is 4.74 Å². The Balaban J connectivity index is 2.21. The highest BCUT2D eigenvalue weighted by Gasteiger charge is 2.07. The Hall–Kier alpha value is -2.62. The molecular formula is C17H18N2O2. The number of carbonyl (C=O) groups excluding carboxylic acids is 1. The van der Waals surface area contributed by atoms with Gasteiger partial charge in [-0.1, -0.05) is 43.3 Å². The van der Waals surface area contributed by atoms with Crippen molar-refractivity contribution in [1.82, 2.24) is 0 Å². The molecule has 4 heteroatoms. The molecule has 0 atom stereocenters. The van der Waals surface area contributed by atoms with Crippen molar-refractivity contribution in [3.8, 4) is 0 Å². The lowest BCUT2D eigenvalue weighted by Crippen LogP contribution is -2.13. The van der Waals surface area contributed by atoms with Crippen LogP contribution < -0.4 is 5.01 Å². The number of hydrogen-bond donors (Lipinski definition) is 0. The summed E-state index contributed by atoms with van der Waals surface area (Å²) in [6.45, 7) is 2.35. The molecule has 0 aromatic heterocycles. The Labute approximate surface area is 124 Å². The largest absolute Gasteiger partial charge is 0.461 e. The van der Waals surface area contributed by atoms with Gasteiger partial charge in [0.2, 0.25) is 0 Å². The Morgan fingerprint density at radius 1 is 1.05 bits per heavy atom. The Morgan fingerprint density at radius 3 is 2.05 bits per heavy atom. The minimum Gasteiger partial charge on any atom is -0.461 e. The average molecular weight is 282 g/mol. The summed E-state index contributed by atoms with van der Waals surface area (Å²) in [5.41, 5.74) is 1.76. The summed E-state index contributed by atoms with van der Waals surface area (Å²) in [5.74, 6) is -0.436. The number of esters is 1. The van der Waals surface area contributed by atoms with Crippen molar-refractivity contribution in [3.63, 3.8) is 0 Å². The van der Waals surface area contributed by atoms with E-state index >= 15 is 0 Å². The summed E-state index contributed by atoms with van der Waals surface area (Å²) in [4.78, 5) is 11.6. The maximum Gasteiger partial charge on any atom is 0.351 e. The smallest absolute Gasteiger partial charge is 0.351 e. The third-order valence-corrected chi connectivity index (χ3v) is 2.73. The Kier molecular flexibility index (Phi) is 5.52. The highest BCUT2D eigenvalue weighted by atomic mass is 16.5. The van der Waals surface area contributed by atoms with Crippen LogP contribution in [-0.4, -0.2) is 18.8 Å². The van der Waals surface area contributed by atoms with Crippen molar-refractivity contribution in [2.45, 2.75) is 13.3 Å². The van der Waals surface area contributed by atoms with E-state index in [0.717, 1.165) is 17.8 Å². The zero-order chi connectivity index (χ0) is 14.9. The number of anilines is 2. The van der Waals surface area contributed by atoms with Crippen LogP contribution in [-0.2, 0) is 9.53 Å². The zero-order valence-corrected chi connectivity index (χ0v) is 12.0. The average Bonchev–Trinajstić information content (AvgIpc) is 2.55. The molecule has 4 nitrogen and oxygen atoms in total. The maximum absolute atomic E-state index is 11.6. The second-order valence-corrected chi connectivity index (χ2v) is 4.39. The minimum atomic E-state index is -0.436. The van der Waals surface area contributed by atoms with Gasteiger partial charge in [-0.25, -0.2) is 9.80 Å². The molecule has 0 bridgehead atoms. The van der Waals surface area contributed by atoms with Gasteiger partial charge in [-0.15, -0.1) is 0 Å². The molecule has 2 rings (SSSR count). The van der Waals surface area contributed by atoms with Crippen LogP contribution in [0.5, 0.6) is 0 Å². The quantitative estimate of drug-likeness (QED) is 0.460. The molecule has 0 heterocycles. The number of benzene rings is 2. The normalized spacial score (nSPS) is 10.5. The van der Waals surface area contributed by atoms with Crippen molar-refractivity contribution >= 4 is 23.6 Å². The summed E-state index contributed by atoms with van der Waals surface area (Å²) in [6, 6.07) is 19.3. The van der Waals surface area contributed by atoms with Gasteiger partial charge in [0, 0.05) is 0 Å². The summed E-state index contributed by atoms with van der Waals surface area (Å²) >= 11 is 0. The number of nitrogens with zero attached hydrogens (tertiary/aromatic N) is 2. The molecule has 0 radical (unpaired) electrons. The van der Waals surface area contributed by atoms with E-state index in [1.54, 1.807) is 5.01 Å². The second kappa shape index (κ2) is 7.85. The van der Waals surface area contributed by atoms with Crippen LogP contribution in [0.1, 0.15) is 13.3 Å². The fraction of sp³-hybridized carbons (Fsp3) is 0.176. The second-order valence-electron chi connectivity index (χ2n) is 4.39. The van der Waals surface area contributed by atoms with Crippen LogP contribution in [0.3, 0.4) is 0 Å². The Bertz CT molecular complexity index is 543. The minimum absolute atomic E-state index is 0.404. The van der Waals surface area contributed by atoms with Crippen molar-refractivity contribution < 1.29 is 9.53 Å². The fourth-order valence-electron chi connectivity index (χ4n) is 1.77. The summed E-state index contributed by atoms with van der Waals surface area (Å²) in [5, 5.41) is 5.95. The number of carbonyl (C=O) groups is 1. The van der Waals surface area contributed by atoms with Crippen LogP contribution in [0, 0.1) is 0 Å². The van der Waals surface area contributed by atoms with Crippen molar-refractivity contribution in [2.75, 3.05) is 11.6 Å². The molecule has 0 N–H and O–H groups in total. The van der Waals surface area contributed by atoms with Crippen LogP contribution in [0.4, 0.5) is 11.4 Å². The van der Waals surface area contributed by atoms with Gasteiger partial charge in [0.1, 0.15) is 6.21 Å². The standard InChI is InChI=1S/C17H18N2O2/c1-2-13-21-17(20)14-18-19(15-9-5-3-6-10-15)16-11-7-4-8-12-16/h3-12,14H,2,13H2,1H3/b18-14+. The molecule has 0 aliphatic carbocycles. The number of rotatable bonds is 6. The van der Waals surface area contributed by atoms with Crippen molar-refractivity contribution in [2.24, 2.45) is 5.10 Å². The Morgan fingerprint density at radius 2 is 1.57 bits per heavy atom. The molecule has 0 aliphatic heterocycles. The number of hydrazone groups is 1. The summed E-state index contributed by atoms with van der Waals surface area (Å²) < 4.78 is 5.00. The molecule has 2 aromatic carbocycles. The van der Waals surface area contributed by atoms with Gasteiger partial charge in [0.25, 0.3) is 0 Å². The molecule has 2 aromatic rings. The van der Waals surface area contributed by atoms with Gasteiger partial charge in [0.15, 0.2) is 0 Å². The lowest BCUT2D eigenvalue weighted by Gasteiger charge is -2.18. The molecule has 0 spiro atoms. The van der Waals surface area contributed by atoms with Crippen LogP contribution in [0.2, 0.25) is 0 Å². The van der Waals surface area contributed by atoms with Crippen LogP contribution >= 0.6 is 0 Å². The van der Waals surface area contributed by atoms with Crippen LogP contribution in [0.15, 0.2) is 65.8 Å². The van der Waals surface area contributed by atoms with E-state index in [-0.39, 0.29) is 0 Å². The van der Waals surface area contributed by atoms with Gasteiger partial charge >= 0.3 is 5.97 Å². The van der Waals surface area contributed by atoms with Gasteiger partial charge in [0.05, 0.1) is 18.0 Å². The van der Waals surface area contributed by atoms with Crippen LogP contribution in [0.25, 0.3) is 0 Å². The lowest BCUT2D eigenvalue weighted by atomic mass is 10.2. The van der Waals surface area contributed by atoms with Crippen molar-refractivity contribution in [3.05, 3.63) is 60.7 Å². The molecular weight excluding hydrogens is 264 g/mol. The van der Waals surface area contributed by atoms with Gasteiger partial charge in [-0.2, -0.15) is 5.10 Å². The third-order valence-electron chi connectivity index (χ3n) is 2.73. The lowest BCUT2D eigenvalue weighted by molar-refractivity contribution is -0.135. The molecule has 0 unspecified atom stereocenters. The summed E-state index contributed by atoms with van der Waals surface area (Å²) in [6.07, 6.45) is 2.00. The van der Waals surface area contributed by atoms with E-state index in [1.165, 1.54) is 6.21 Å².